The van der Waals surface area contributed by atoms with Gasteiger partial charge in [0, 0.05) is 12.3 Å². The van der Waals surface area contributed by atoms with Gasteiger partial charge in [-0.15, -0.1) is 0 Å². The number of carbonyl (C=O) groups excluding carboxylic acids is 1. The number of carbonyl (C=O) groups is 1. The summed E-state index contributed by atoms with van der Waals surface area (Å²) in [5, 5.41) is 10.2. The zero-order valence-electron chi connectivity index (χ0n) is 10.3. The Kier molecular flexibility index (Phi) is 9.91. The van der Waals surface area contributed by atoms with Gasteiger partial charge in [0.25, 0.3) is 0 Å². The van der Waals surface area contributed by atoms with E-state index < -0.39 is 0 Å². The molecule has 1 radical (unpaired) electrons. The first-order chi connectivity index (χ1) is 7.22. The molecule has 1 atom stereocenters. The van der Waals surface area contributed by atoms with Crippen LogP contribution in [0.1, 0.15) is 65.2 Å². The maximum Gasteiger partial charge on any atom is 0.135 e. The predicted octanol–water partition coefficient (Wildman–Crippen LogP) is 3.76. The Labute approximate surface area is 94.1 Å². The minimum atomic E-state index is 0.0286. The SMILES string of the molecule is CCCCC(C)C(=O)CCCCCC[O]. The van der Waals surface area contributed by atoms with Gasteiger partial charge < -0.3 is 0 Å². The second kappa shape index (κ2) is 10.2. The summed E-state index contributed by atoms with van der Waals surface area (Å²) < 4.78 is 0. The van der Waals surface area contributed by atoms with E-state index in [1.54, 1.807) is 0 Å². The van der Waals surface area contributed by atoms with Crippen LogP contribution < -0.4 is 0 Å². The van der Waals surface area contributed by atoms with Crippen molar-refractivity contribution in [1.82, 2.24) is 0 Å². The number of rotatable bonds is 10. The standard InChI is InChI=1S/C13H25O2/c1-3-4-9-12(2)13(15)10-7-5-6-8-11-14/h12H,3-11H2,1-2H3. The molecule has 0 aromatic carbocycles. The van der Waals surface area contributed by atoms with Crippen LogP contribution in [-0.2, 0) is 9.90 Å². The Morgan fingerprint density at radius 1 is 1.07 bits per heavy atom. The molecular weight excluding hydrogens is 188 g/mol. The molecule has 0 aromatic heterocycles. The fourth-order valence-electron chi connectivity index (χ4n) is 1.67. The lowest BCUT2D eigenvalue weighted by Crippen LogP contribution is -2.10. The highest BCUT2D eigenvalue weighted by atomic mass is 16.2. The molecule has 0 rings (SSSR count). The number of hydrogen-bond donors (Lipinski definition) is 0. The average Bonchev–Trinajstić information content (AvgIpc) is 2.25. The van der Waals surface area contributed by atoms with E-state index in [1.165, 1.54) is 6.42 Å². The Bertz CT molecular complexity index is 155. The molecule has 0 heterocycles. The maximum atomic E-state index is 11.6. The van der Waals surface area contributed by atoms with Gasteiger partial charge >= 0.3 is 0 Å². The van der Waals surface area contributed by atoms with Crippen LogP contribution in [0.3, 0.4) is 0 Å². The molecule has 0 aliphatic rings. The monoisotopic (exact) mass is 213 g/mol. The number of hydrogen-bond acceptors (Lipinski definition) is 1. The largest absolute Gasteiger partial charge is 0.299 e. The van der Waals surface area contributed by atoms with Crippen molar-refractivity contribution in [3.8, 4) is 0 Å². The van der Waals surface area contributed by atoms with E-state index in [0.29, 0.717) is 12.2 Å². The summed E-state index contributed by atoms with van der Waals surface area (Å²) in [5.41, 5.74) is 0. The molecule has 0 spiro atoms. The third-order valence-electron chi connectivity index (χ3n) is 2.86. The Hall–Kier alpha value is -0.370. The van der Waals surface area contributed by atoms with Crippen molar-refractivity contribution in [2.45, 2.75) is 65.2 Å². The molecule has 1 unspecified atom stereocenters. The van der Waals surface area contributed by atoms with Gasteiger partial charge in [0.15, 0.2) is 0 Å². The Balaban J connectivity index is 3.38. The minimum Gasteiger partial charge on any atom is -0.299 e. The summed E-state index contributed by atoms with van der Waals surface area (Å²) in [6, 6.07) is 0. The molecule has 0 fully saturated rings. The van der Waals surface area contributed by atoms with E-state index >= 15 is 0 Å². The van der Waals surface area contributed by atoms with Gasteiger partial charge in [0.05, 0.1) is 6.61 Å². The third kappa shape index (κ3) is 8.61. The summed E-state index contributed by atoms with van der Waals surface area (Å²) in [5.74, 6) is 0.648. The summed E-state index contributed by atoms with van der Waals surface area (Å²) in [7, 11) is 0. The number of unbranched alkanes of at least 4 members (excludes halogenated alkanes) is 4. The molecule has 0 aliphatic carbocycles. The van der Waals surface area contributed by atoms with Gasteiger partial charge in [0.2, 0.25) is 0 Å². The topological polar surface area (TPSA) is 37.0 Å². The first kappa shape index (κ1) is 14.6. The minimum absolute atomic E-state index is 0.0286. The van der Waals surface area contributed by atoms with Gasteiger partial charge in [-0.25, -0.2) is 5.11 Å². The third-order valence-corrected chi connectivity index (χ3v) is 2.86. The summed E-state index contributed by atoms with van der Waals surface area (Å²) >= 11 is 0. The van der Waals surface area contributed by atoms with Crippen molar-refractivity contribution in [2.24, 2.45) is 5.92 Å². The summed E-state index contributed by atoms with van der Waals surface area (Å²) in [6.07, 6.45) is 7.83. The molecular formula is C13H25O2. The van der Waals surface area contributed by atoms with Gasteiger partial charge in [-0.3, -0.25) is 4.79 Å². The molecule has 15 heavy (non-hydrogen) atoms. The lowest BCUT2D eigenvalue weighted by molar-refractivity contribution is -0.122. The first-order valence-electron chi connectivity index (χ1n) is 6.33. The lowest BCUT2D eigenvalue weighted by atomic mass is 9.96. The molecule has 0 aromatic rings. The lowest BCUT2D eigenvalue weighted by Gasteiger charge is -2.09. The highest BCUT2D eigenvalue weighted by molar-refractivity contribution is 5.80. The van der Waals surface area contributed by atoms with Crippen molar-refractivity contribution >= 4 is 5.78 Å². The normalized spacial score (nSPS) is 12.7. The molecule has 2 nitrogen and oxygen atoms in total. The first-order valence-corrected chi connectivity index (χ1v) is 6.33. The van der Waals surface area contributed by atoms with Crippen molar-refractivity contribution in [3.63, 3.8) is 0 Å². The molecule has 0 amide bonds. The molecule has 0 bridgehead atoms. The molecule has 0 saturated carbocycles. The smallest absolute Gasteiger partial charge is 0.135 e. The maximum absolute atomic E-state index is 11.6. The van der Waals surface area contributed by atoms with Crippen LogP contribution >= 0.6 is 0 Å². The highest BCUT2D eigenvalue weighted by Crippen LogP contribution is 2.13. The van der Waals surface area contributed by atoms with Gasteiger partial charge in [-0.2, -0.15) is 0 Å². The van der Waals surface area contributed by atoms with Crippen molar-refractivity contribution < 1.29 is 9.90 Å². The van der Waals surface area contributed by atoms with E-state index in [0.717, 1.165) is 38.5 Å². The van der Waals surface area contributed by atoms with E-state index in [2.05, 4.69) is 6.92 Å². The highest BCUT2D eigenvalue weighted by Gasteiger charge is 2.11. The number of ketones is 1. The Morgan fingerprint density at radius 3 is 2.33 bits per heavy atom. The van der Waals surface area contributed by atoms with Crippen LogP contribution in [0.2, 0.25) is 0 Å². The zero-order valence-corrected chi connectivity index (χ0v) is 10.3. The van der Waals surface area contributed by atoms with E-state index in [4.69, 9.17) is 0 Å². The average molecular weight is 213 g/mol. The van der Waals surface area contributed by atoms with Crippen molar-refractivity contribution in [1.29, 1.82) is 0 Å². The van der Waals surface area contributed by atoms with Crippen LogP contribution in [0.4, 0.5) is 0 Å². The van der Waals surface area contributed by atoms with Crippen molar-refractivity contribution in [3.05, 3.63) is 0 Å². The van der Waals surface area contributed by atoms with Crippen molar-refractivity contribution in [2.75, 3.05) is 6.61 Å². The van der Waals surface area contributed by atoms with Gasteiger partial charge in [-0.05, 0) is 19.3 Å². The van der Waals surface area contributed by atoms with E-state index in [1.807, 2.05) is 6.92 Å². The van der Waals surface area contributed by atoms with E-state index in [-0.39, 0.29) is 12.5 Å². The predicted molar refractivity (Wildman–Crippen MR) is 62.3 cm³/mol. The molecule has 0 aliphatic heterocycles. The van der Waals surface area contributed by atoms with E-state index in [9.17, 15) is 9.90 Å². The van der Waals surface area contributed by atoms with Gasteiger partial charge in [-0.1, -0.05) is 39.5 Å². The second-order valence-electron chi connectivity index (χ2n) is 4.38. The van der Waals surface area contributed by atoms with Crippen LogP contribution in [0, 0.1) is 5.92 Å². The van der Waals surface area contributed by atoms with Crippen LogP contribution in [0.25, 0.3) is 0 Å². The molecule has 2 heteroatoms. The fraction of sp³-hybridized carbons (Fsp3) is 0.923. The quantitative estimate of drug-likeness (QED) is 0.509. The molecule has 89 valence electrons. The molecule has 0 N–H and O–H groups in total. The van der Waals surface area contributed by atoms with Crippen LogP contribution in [-0.4, -0.2) is 12.4 Å². The Morgan fingerprint density at radius 2 is 1.73 bits per heavy atom. The second-order valence-corrected chi connectivity index (χ2v) is 4.38. The summed E-state index contributed by atoms with van der Waals surface area (Å²) in [6.45, 7) is 4.22. The van der Waals surface area contributed by atoms with Crippen LogP contribution in [0.5, 0.6) is 0 Å². The number of Topliss-reactive ketones (excluding diaryl/α,β-unsaturated/α-hetero) is 1. The summed E-state index contributed by atoms with van der Waals surface area (Å²) in [4.78, 5) is 11.6. The van der Waals surface area contributed by atoms with Gasteiger partial charge in [0.1, 0.15) is 5.78 Å². The molecule has 0 saturated heterocycles. The fourth-order valence-corrected chi connectivity index (χ4v) is 1.67. The zero-order chi connectivity index (χ0) is 11.5. The van der Waals surface area contributed by atoms with Crippen LogP contribution in [0.15, 0.2) is 0 Å².